The Morgan fingerprint density at radius 1 is 1.22 bits per heavy atom. The summed E-state index contributed by atoms with van der Waals surface area (Å²) in [4.78, 5) is 0. The number of rotatable bonds is 1. The summed E-state index contributed by atoms with van der Waals surface area (Å²) < 4.78 is 15.3. The normalized spacial score (nSPS) is 11.8. The quantitative estimate of drug-likeness (QED) is 0.841. The van der Waals surface area contributed by atoms with Crippen LogP contribution in [0.5, 0.6) is 0 Å². The molecule has 1 aromatic carbocycles. The van der Waals surface area contributed by atoms with Gasteiger partial charge in [-0.05, 0) is 24.6 Å². The molecule has 1 aromatic heterocycles. The molecule has 0 unspecified atom stereocenters. The minimum Gasteiger partial charge on any atom is -0.384 e. The van der Waals surface area contributed by atoms with Crippen LogP contribution in [0.25, 0.3) is 5.69 Å². The van der Waals surface area contributed by atoms with Crippen molar-refractivity contribution < 1.29 is 4.39 Å². The zero-order chi connectivity index (χ0) is 13.5. The molecule has 4 heteroatoms. The van der Waals surface area contributed by atoms with Gasteiger partial charge in [0.15, 0.2) is 0 Å². The van der Waals surface area contributed by atoms with Crippen LogP contribution in [0.2, 0.25) is 0 Å². The van der Waals surface area contributed by atoms with Crippen LogP contribution in [-0.4, -0.2) is 9.78 Å². The maximum absolute atomic E-state index is 13.8. The first kappa shape index (κ1) is 12.6. The molecule has 2 aromatic rings. The lowest BCUT2D eigenvalue weighted by atomic mass is 9.92. The fourth-order valence-corrected chi connectivity index (χ4v) is 1.74. The van der Waals surface area contributed by atoms with Crippen LogP contribution in [0.15, 0.2) is 24.3 Å². The summed E-state index contributed by atoms with van der Waals surface area (Å²) in [5, 5.41) is 4.40. The summed E-state index contributed by atoms with van der Waals surface area (Å²) in [6, 6.07) is 6.69. The molecule has 0 saturated carbocycles. The Bertz CT molecular complexity index is 579. The van der Waals surface area contributed by atoms with Gasteiger partial charge in [0.05, 0.1) is 5.69 Å². The molecule has 18 heavy (non-hydrogen) atoms. The third kappa shape index (κ3) is 2.23. The van der Waals surface area contributed by atoms with Crippen LogP contribution in [0.4, 0.5) is 10.2 Å². The number of aryl methyl sites for hydroxylation is 1. The molecule has 0 fully saturated rings. The molecule has 0 aliphatic rings. The van der Waals surface area contributed by atoms with Gasteiger partial charge in [-0.1, -0.05) is 26.8 Å². The number of nitrogens with zero attached hydrogens (tertiary/aromatic N) is 2. The highest BCUT2D eigenvalue weighted by molar-refractivity contribution is 5.46. The zero-order valence-corrected chi connectivity index (χ0v) is 11.2. The largest absolute Gasteiger partial charge is 0.384 e. The first-order valence-corrected chi connectivity index (χ1v) is 5.91. The van der Waals surface area contributed by atoms with E-state index in [1.54, 1.807) is 18.2 Å². The van der Waals surface area contributed by atoms with Gasteiger partial charge >= 0.3 is 0 Å². The van der Waals surface area contributed by atoms with Crippen LogP contribution >= 0.6 is 0 Å². The maximum Gasteiger partial charge on any atom is 0.148 e. The fourth-order valence-electron chi connectivity index (χ4n) is 1.74. The Kier molecular flexibility index (Phi) is 2.89. The number of nitrogens with two attached hydrogens (primary N) is 1. The van der Waals surface area contributed by atoms with Gasteiger partial charge in [0.25, 0.3) is 0 Å². The molecule has 2 N–H and O–H groups in total. The van der Waals surface area contributed by atoms with E-state index in [4.69, 9.17) is 5.73 Å². The molecule has 0 radical (unpaired) electrons. The highest BCUT2D eigenvalue weighted by atomic mass is 19.1. The highest BCUT2D eigenvalue weighted by Crippen LogP contribution is 2.25. The second-order valence-corrected chi connectivity index (χ2v) is 5.57. The lowest BCUT2D eigenvalue weighted by molar-refractivity contribution is 0.555. The van der Waals surface area contributed by atoms with Crippen molar-refractivity contribution in [1.29, 1.82) is 0 Å². The van der Waals surface area contributed by atoms with Gasteiger partial charge in [0.1, 0.15) is 17.3 Å². The smallest absolute Gasteiger partial charge is 0.148 e. The molecular formula is C14H18FN3. The van der Waals surface area contributed by atoms with Crippen molar-refractivity contribution in [3.8, 4) is 5.69 Å². The monoisotopic (exact) mass is 247 g/mol. The molecular weight excluding hydrogens is 229 g/mol. The van der Waals surface area contributed by atoms with E-state index >= 15 is 0 Å². The molecule has 1 heterocycles. The molecule has 0 amide bonds. The van der Waals surface area contributed by atoms with Crippen molar-refractivity contribution in [2.45, 2.75) is 33.1 Å². The van der Waals surface area contributed by atoms with Gasteiger partial charge in [-0.25, -0.2) is 9.07 Å². The maximum atomic E-state index is 13.8. The summed E-state index contributed by atoms with van der Waals surface area (Å²) in [5.74, 6) is 0.125. The standard InChI is InChI=1S/C14H18FN3/c1-9-5-6-10(15)11(7-9)18-13(16)8-12(17-18)14(2,3)4/h5-8H,16H2,1-4H3. The second kappa shape index (κ2) is 4.12. The van der Waals surface area contributed by atoms with E-state index in [2.05, 4.69) is 5.10 Å². The van der Waals surface area contributed by atoms with E-state index in [9.17, 15) is 4.39 Å². The van der Waals surface area contributed by atoms with E-state index in [0.717, 1.165) is 11.3 Å². The first-order chi connectivity index (χ1) is 8.29. The average molecular weight is 247 g/mol. The Labute approximate surface area is 106 Å². The minimum absolute atomic E-state index is 0.111. The SMILES string of the molecule is Cc1ccc(F)c(-n2nc(C(C)(C)C)cc2N)c1. The Hall–Kier alpha value is -1.84. The van der Waals surface area contributed by atoms with Crippen LogP contribution < -0.4 is 5.73 Å². The highest BCUT2D eigenvalue weighted by Gasteiger charge is 2.20. The number of hydrogen-bond acceptors (Lipinski definition) is 2. The minimum atomic E-state index is -0.323. The van der Waals surface area contributed by atoms with Gasteiger partial charge in [-0.15, -0.1) is 0 Å². The second-order valence-electron chi connectivity index (χ2n) is 5.57. The molecule has 0 saturated heterocycles. The Morgan fingerprint density at radius 2 is 1.89 bits per heavy atom. The van der Waals surface area contributed by atoms with Crippen LogP contribution in [0.3, 0.4) is 0 Å². The molecule has 96 valence electrons. The van der Waals surface area contributed by atoms with Crippen LogP contribution in [0.1, 0.15) is 32.0 Å². The lowest BCUT2D eigenvalue weighted by Crippen LogP contribution is -2.13. The van der Waals surface area contributed by atoms with E-state index in [0.29, 0.717) is 11.5 Å². The van der Waals surface area contributed by atoms with E-state index in [1.165, 1.54) is 10.7 Å². The number of nitrogen functional groups attached to an aromatic ring is 1. The van der Waals surface area contributed by atoms with Crippen LogP contribution in [-0.2, 0) is 5.41 Å². The first-order valence-electron chi connectivity index (χ1n) is 5.91. The van der Waals surface area contributed by atoms with E-state index < -0.39 is 0 Å². The van der Waals surface area contributed by atoms with Gasteiger partial charge in [-0.2, -0.15) is 5.10 Å². The van der Waals surface area contributed by atoms with Gasteiger partial charge in [0.2, 0.25) is 0 Å². The summed E-state index contributed by atoms with van der Waals surface area (Å²) in [6.45, 7) is 8.05. The fraction of sp³-hybridized carbons (Fsp3) is 0.357. The summed E-state index contributed by atoms with van der Waals surface area (Å²) in [7, 11) is 0. The number of aromatic nitrogens is 2. The van der Waals surface area contributed by atoms with E-state index in [-0.39, 0.29) is 11.2 Å². The predicted octanol–water partition coefficient (Wildman–Crippen LogP) is 3.20. The van der Waals surface area contributed by atoms with Gasteiger partial charge in [-0.3, -0.25) is 0 Å². The summed E-state index contributed by atoms with van der Waals surface area (Å²) >= 11 is 0. The van der Waals surface area contributed by atoms with Crippen LogP contribution in [0, 0.1) is 12.7 Å². The van der Waals surface area contributed by atoms with Crippen molar-refractivity contribution in [2.75, 3.05) is 5.73 Å². The third-order valence-electron chi connectivity index (χ3n) is 2.84. The number of halogens is 1. The van der Waals surface area contributed by atoms with Crippen molar-refractivity contribution in [1.82, 2.24) is 9.78 Å². The lowest BCUT2D eigenvalue weighted by Gasteiger charge is -2.14. The van der Waals surface area contributed by atoms with E-state index in [1.807, 2.05) is 27.7 Å². The van der Waals surface area contributed by atoms with Gasteiger partial charge in [0, 0.05) is 11.5 Å². The number of hydrogen-bond donors (Lipinski definition) is 1. The molecule has 2 rings (SSSR count). The summed E-state index contributed by atoms with van der Waals surface area (Å²) in [5.41, 5.74) is 8.02. The van der Waals surface area contributed by atoms with Crippen molar-refractivity contribution in [2.24, 2.45) is 0 Å². The third-order valence-corrected chi connectivity index (χ3v) is 2.84. The number of anilines is 1. The molecule has 0 atom stereocenters. The zero-order valence-electron chi connectivity index (χ0n) is 11.2. The average Bonchev–Trinajstić information content (AvgIpc) is 2.64. The molecule has 0 spiro atoms. The van der Waals surface area contributed by atoms with Gasteiger partial charge < -0.3 is 5.73 Å². The molecule has 0 bridgehead atoms. The molecule has 0 aliphatic carbocycles. The topological polar surface area (TPSA) is 43.8 Å². The Morgan fingerprint density at radius 3 is 2.44 bits per heavy atom. The van der Waals surface area contributed by atoms with Crippen molar-refractivity contribution in [3.63, 3.8) is 0 Å². The number of benzene rings is 1. The predicted molar refractivity (Wildman–Crippen MR) is 71.4 cm³/mol. The van der Waals surface area contributed by atoms with Crippen molar-refractivity contribution >= 4 is 5.82 Å². The Balaban J connectivity index is 2.58. The summed E-state index contributed by atoms with van der Waals surface area (Å²) in [6.07, 6.45) is 0. The van der Waals surface area contributed by atoms with Crippen molar-refractivity contribution in [3.05, 3.63) is 41.3 Å². The molecule has 3 nitrogen and oxygen atoms in total. The molecule has 0 aliphatic heterocycles.